The molecule has 78 valence electrons. The van der Waals surface area contributed by atoms with Crippen molar-refractivity contribution >= 4 is 0 Å². The molecule has 1 heteroatoms. The van der Waals surface area contributed by atoms with Gasteiger partial charge < -0.3 is 5.11 Å². The molecule has 1 N–H and O–H groups in total. The van der Waals surface area contributed by atoms with Crippen LogP contribution in [0.25, 0.3) is 0 Å². The maximum absolute atomic E-state index is 9.47. The summed E-state index contributed by atoms with van der Waals surface area (Å²) in [6.07, 6.45) is 7.56. The van der Waals surface area contributed by atoms with Gasteiger partial charge in [0.1, 0.15) is 0 Å². The van der Waals surface area contributed by atoms with Gasteiger partial charge in [0, 0.05) is 5.41 Å². The Morgan fingerprint density at radius 1 is 1.43 bits per heavy atom. The summed E-state index contributed by atoms with van der Waals surface area (Å²) in [5.74, 6) is 1.71. The maximum atomic E-state index is 9.47. The van der Waals surface area contributed by atoms with Gasteiger partial charge in [0.05, 0.1) is 6.61 Å². The zero-order valence-electron chi connectivity index (χ0n) is 9.21. The Hall–Kier alpha value is -0.300. The van der Waals surface area contributed by atoms with Gasteiger partial charge in [-0.25, -0.2) is 0 Å². The molecule has 4 aliphatic rings. The molecule has 2 fully saturated rings. The van der Waals surface area contributed by atoms with E-state index in [4.69, 9.17) is 0 Å². The molecule has 0 spiro atoms. The zero-order valence-corrected chi connectivity index (χ0v) is 9.21. The Balaban J connectivity index is 1.92. The van der Waals surface area contributed by atoms with Crippen LogP contribution in [0.15, 0.2) is 11.6 Å². The van der Waals surface area contributed by atoms with Gasteiger partial charge in [-0.15, -0.1) is 0 Å². The summed E-state index contributed by atoms with van der Waals surface area (Å²) in [5, 5.41) is 9.47. The second-order valence-corrected chi connectivity index (χ2v) is 6.14. The van der Waals surface area contributed by atoms with E-state index in [9.17, 15) is 5.11 Å². The molecule has 2 atom stereocenters. The van der Waals surface area contributed by atoms with Gasteiger partial charge in [-0.3, -0.25) is 0 Å². The van der Waals surface area contributed by atoms with Gasteiger partial charge in [-0.2, -0.15) is 0 Å². The Kier molecular flexibility index (Phi) is 1.56. The van der Waals surface area contributed by atoms with Crippen molar-refractivity contribution in [3.63, 3.8) is 0 Å². The molecule has 2 bridgehead atoms. The van der Waals surface area contributed by atoms with Crippen LogP contribution in [-0.2, 0) is 0 Å². The highest BCUT2D eigenvalue weighted by Crippen LogP contribution is 2.67. The molecule has 0 aromatic carbocycles. The third-order valence-corrected chi connectivity index (χ3v) is 5.24. The van der Waals surface area contributed by atoms with Crippen LogP contribution in [-0.4, -0.2) is 11.7 Å². The molecular weight excluding hydrogens is 172 g/mol. The topological polar surface area (TPSA) is 20.2 Å². The molecule has 1 nitrogen and oxygen atoms in total. The predicted octanol–water partition coefficient (Wildman–Crippen LogP) is 2.75. The van der Waals surface area contributed by atoms with Gasteiger partial charge in [0.2, 0.25) is 0 Å². The molecular formula is C13H20O. The van der Waals surface area contributed by atoms with Crippen molar-refractivity contribution in [2.45, 2.75) is 39.5 Å². The number of hydrogen-bond donors (Lipinski definition) is 1. The molecule has 0 amide bonds. The third kappa shape index (κ3) is 0.894. The average Bonchev–Trinajstić information content (AvgIpc) is 2.98. The summed E-state index contributed by atoms with van der Waals surface area (Å²) in [7, 11) is 0. The zero-order chi connectivity index (χ0) is 9.97. The second kappa shape index (κ2) is 2.44. The van der Waals surface area contributed by atoms with Crippen LogP contribution in [0.5, 0.6) is 0 Å². The number of rotatable bonds is 2. The van der Waals surface area contributed by atoms with Crippen molar-refractivity contribution in [3.8, 4) is 0 Å². The SMILES string of the molecule is CC1(C)C2CC=C(C3(CO)CC3)C1C2. The summed E-state index contributed by atoms with van der Waals surface area (Å²) in [5.41, 5.74) is 2.38. The summed E-state index contributed by atoms with van der Waals surface area (Å²) < 4.78 is 0. The Labute approximate surface area is 86.2 Å². The summed E-state index contributed by atoms with van der Waals surface area (Å²) >= 11 is 0. The number of fused-ring (bicyclic) bond motifs is 1. The minimum atomic E-state index is 0.243. The van der Waals surface area contributed by atoms with Crippen molar-refractivity contribution in [2.24, 2.45) is 22.7 Å². The van der Waals surface area contributed by atoms with E-state index in [1.54, 1.807) is 5.57 Å². The maximum Gasteiger partial charge on any atom is 0.0524 e. The summed E-state index contributed by atoms with van der Waals surface area (Å²) in [6.45, 7) is 5.20. The molecule has 2 unspecified atom stereocenters. The molecule has 4 aliphatic carbocycles. The average molecular weight is 192 g/mol. The van der Waals surface area contributed by atoms with Crippen LogP contribution in [0.2, 0.25) is 0 Å². The monoisotopic (exact) mass is 192 g/mol. The lowest BCUT2D eigenvalue weighted by Crippen LogP contribution is -2.49. The number of aliphatic hydroxyl groups excluding tert-OH is 1. The molecule has 4 rings (SSSR count). The van der Waals surface area contributed by atoms with E-state index in [1.165, 1.54) is 25.7 Å². The van der Waals surface area contributed by atoms with Crippen molar-refractivity contribution in [1.82, 2.24) is 0 Å². The van der Waals surface area contributed by atoms with E-state index in [0.717, 1.165) is 11.8 Å². The van der Waals surface area contributed by atoms with Crippen LogP contribution in [0.4, 0.5) is 0 Å². The Morgan fingerprint density at radius 2 is 2.14 bits per heavy atom. The normalized spacial score (nSPS) is 41.2. The highest BCUT2D eigenvalue weighted by Gasteiger charge is 2.58. The molecule has 2 saturated carbocycles. The van der Waals surface area contributed by atoms with Crippen LogP contribution in [0.1, 0.15) is 39.5 Å². The molecule has 0 saturated heterocycles. The van der Waals surface area contributed by atoms with E-state index in [-0.39, 0.29) is 5.41 Å². The largest absolute Gasteiger partial charge is 0.395 e. The first-order chi connectivity index (χ1) is 6.60. The van der Waals surface area contributed by atoms with Crippen LogP contribution < -0.4 is 0 Å². The molecule has 14 heavy (non-hydrogen) atoms. The number of allylic oxidation sites excluding steroid dienone is 1. The minimum Gasteiger partial charge on any atom is -0.395 e. The quantitative estimate of drug-likeness (QED) is 0.667. The molecule has 0 aromatic heterocycles. The first-order valence-electron chi connectivity index (χ1n) is 5.91. The van der Waals surface area contributed by atoms with E-state index in [2.05, 4.69) is 19.9 Å². The van der Waals surface area contributed by atoms with E-state index >= 15 is 0 Å². The first-order valence-corrected chi connectivity index (χ1v) is 5.91. The molecule has 0 radical (unpaired) electrons. The van der Waals surface area contributed by atoms with Gasteiger partial charge in [0.15, 0.2) is 0 Å². The lowest BCUT2D eigenvalue weighted by Gasteiger charge is -2.58. The highest BCUT2D eigenvalue weighted by molar-refractivity contribution is 5.33. The third-order valence-electron chi connectivity index (χ3n) is 5.24. The lowest BCUT2D eigenvalue weighted by molar-refractivity contribution is -0.0178. The van der Waals surface area contributed by atoms with Crippen molar-refractivity contribution in [2.75, 3.05) is 6.61 Å². The fraction of sp³-hybridized carbons (Fsp3) is 0.846. The summed E-state index contributed by atoms with van der Waals surface area (Å²) in [6, 6.07) is 0. The highest BCUT2D eigenvalue weighted by atomic mass is 16.3. The van der Waals surface area contributed by atoms with Crippen LogP contribution in [0, 0.1) is 22.7 Å². The Bertz CT molecular complexity index is 296. The first kappa shape index (κ1) is 8.96. The standard InChI is InChI=1S/C13H20O/c1-12(2)9-3-4-10(11(12)7-9)13(8-14)5-6-13/h4,9,11,14H,3,5-8H2,1-2H3. The van der Waals surface area contributed by atoms with Gasteiger partial charge in [-0.05, 0) is 42.9 Å². The van der Waals surface area contributed by atoms with E-state index in [1.807, 2.05) is 0 Å². The van der Waals surface area contributed by atoms with E-state index < -0.39 is 0 Å². The summed E-state index contributed by atoms with van der Waals surface area (Å²) in [4.78, 5) is 0. The Morgan fingerprint density at radius 3 is 2.57 bits per heavy atom. The lowest BCUT2D eigenvalue weighted by atomic mass is 9.47. The van der Waals surface area contributed by atoms with E-state index in [0.29, 0.717) is 12.0 Å². The molecule has 0 aliphatic heterocycles. The van der Waals surface area contributed by atoms with Crippen molar-refractivity contribution in [1.29, 1.82) is 0 Å². The van der Waals surface area contributed by atoms with Crippen LogP contribution in [0.3, 0.4) is 0 Å². The molecule has 0 heterocycles. The fourth-order valence-corrected chi connectivity index (χ4v) is 3.63. The fourth-order valence-electron chi connectivity index (χ4n) is 3.63. The second-order valence-electron chi connectivity index (χ2n) is 6.14. The smallest absolute Gasteiger partial charge is 0.0524 e. The number of aliphatic hydroxyl groups is 1. The minimum absolute atomic E-state index is 0.243. The van der Waals surface area contributed by atoms with Gasteiger partial charge in [0.25, 0.3) is 0 Å². The van der Waals surface area contributed by atoms with Crippen LogP contribution >= 0.6 is 0 Å². The van der Waals surface area contributed by atoms with Gasteiger partial charge in [-0.1, -0.05) is 25.5 Å². The molecule has 0 aromatic rings. The predicted molar refractivity (Wildman–Crippen MR) is 56.8 cm³/mol. The number of hydrogen-bond acceptors (Lipinski definition) is 1. The van der Waals surface area contributed by atoms with Crippen molar-refractivity contribution < 1.29 is 5.11 Å². The van der Waals surface area contributed by atoms with Gasteiger partial charge >= 0.3 is 0 Å². The van der Waals surface area contributed by atoms with Crippen molar-refractivity contribution in [3.05, 3.63) is 11.6 Å².